The summed E-state index contributed by atoms with van der Waals surface area (Å²) >= 11 is 0. The second-order valence-electron chi connectivity index (χ2n) is 13.8. The number of phenols is 1. The number of aromatic hydroxyl groups is 1. The highest BCUT2D eigenvalue weighted by Crippen LogP contribution is 2.29. The molecule has 4 aromatic carbocycles. The second-order valence-corrected chi connectivity index (χ2v) is 13.8. The molecule has 5 aromatic rings. The quantitative estimate of drug-likeness (QED) is 0.0595. The highest BCUT2D eigenvalue weighted by molar-refractivity contribution is 5.91. The Morgan fingerprint density at radius 2 is 1.61 bits per heavy atom. The number of anilines is 2. The average molecular weight is 777 g/mol. The number of amides is 3. The van der Waals surface area contributed by atoms with Crippen LogP contribution in [-0.2, 0) is 20.8 Å². The number of nitrogens with one attached hydrogen (secondary N) is 5. The SMILES string of the molecule is O=C(CCN1CCC(OC(=O)Nc2ccccc2-c2ccccc2)CC1)NCCCOC(=O)Nc1ccc(CNC[C@H](O)c2ccc(O)c3[nH]c(=O)ccc23)cc1. The molecule has 1 aliphatic rings. The van der Waals surface area contributed by atoms with Gasteiger partial charge < -0.3 is 40.2 Å². The number of aliphatic hydroxyl groups excluding tert-OH is 1. The van der Waals surface area contributed by atoms with Gasteiger partial charge in [0.1, 0.15) is 11.9 Å². The highest BCUT2D eigenvalue weighted by atomic mass is 16.6. The van der Waals surface area contributed by atoms with E-state index in [0.717, 1.165) is 29.8 Å². The standard InChI is InChI=1S/C43H48N6O8/c50-37-17-15-34(35-16-18-40(53)48-41(35)37)38(51)28-44-27-29-11-13-31(14-12-29)46-42(54)56-26-6-22-45-39(52)21-25-49-23-19-32(20-24-49)57-43(55)47-36-10-5-4-9-33(36)30-7-2-1-3-8-30/h1-5,7-18,32,38,44,50-51H,6,19-28H2,(H,45,52)(H,46,54)(H,47,55)(H,48,53)/t38-/m0/s1. The lowest BCUT2D eigenvalue weighted by Gasteiger charge is -2.31. The van der Waals surface area contributed by atoms with Crippen LogP contribution in [0.15, 0.2) is 108 Å². The fourth-order valence-electron chi connectivity index (χ4n) is 6.69. The minimum Gasteiger partial charge on any atom is -0.506 e. The molecule has 7 N–H and O–H groups in total. The number of nitrogens with zero attached hydrogens (tertiary/aromatic N) is 1. The summed E-state index contributed by atoms with van der Waals surface area (Å²) in [6.07, 6.45) is 0.0406. The lowest BCUT2D eigenvalue weighted by atomic mass is 10.0. The van der Waals surface area contributed by atoms with E-state index >= 15 is 0 Å². The molecule has 0 aliphatic carbocycles. The fourth-order valence-corrected chi connectivity index (χ4v) is 6.69. The Bertz CT molecular complexity index is 2170. The zero-order chi connectivity index (χ0) is 40.0. The Balaban J connectivity index is 0.797. The highest BCUT2D eigenvalue weighted by Gasteiger charge is 2.23. The van der Waals surface area contributed by atoms with E-state index in [-0.39, 0.29) is 42.0 Å². The summed E-state index contributed by atoms with van der Waals surface area (Å²) < 4.78 is 11.0. The van der Waals surface area contributed by atoms with Crippen molar-refractivity contribution in [3.8, 4) is 16.9 Å². The Kier molecular flexibility index (Phi) is 14.3. The maximum Gasteiger partial charge on any atom is 0.411 e. The van der Waals surface area contributed by atoms with Gasteiger partial charge in [-0.15, -0.1) is 0 Å². The molecule has 1 saturated heterocycles. The maximum absolute atomic E-state index is 12.7. The number of aliphatic hydroxyl groups is 1. The van der Waals surface area contributed by atoms with Gasteiger partial charge in [0.2, 0.25) is 11.5 Å². The van der Waals surface area contributed by atoms with Gasteiger partial charge in [0.15, 0.2) is 0 Å². The predicted molar refractivity (Wildman–Crippen MR) is 218 cm³/mol. The topological polar surface area (TPSA) is 194 Å². The number of ether oxygens (including phenoxy) is 2. The second kappa shape index (κ2) is 20.1. The van der Waals surface area contributed by atoms with Gasteiger partial charge in [-0.2, -0.15) is 0 Å². The number of H-pyrrole nitrogens is 1. The first kappa shape index (κ1) is 40.4. The van der Waals surface area contributed by atoms with E-state index in [1.165, 1.54) is 12.1 Å². The first-order valence-corrected chi connectivity index (χ1v) is 19.1. The Hall–Kier alpha value is -6.22. The van der Waals surface area contributed by atoms with Crippen molar-refractivity contribution in [2.24, 2.45) is 0 Å². The molecule has 1 aromatic heterocycles. The third kappa shape index (κ3) is 11.9. The van der Waals surface area contributed by atoms with Crippen LogP contribution in [0.5, 0.6) is 5.75 Å². The van der Waals surface area contributed by atoms with Crippen molar-refractivity contribution in [3.63, 3.8) is 0 Å². The molecular weight excluding hydrogens is 729 g/mol. The van der Waals surface area contributed by atoms with Crippen molar-refractivity contribution >= 4 is 40.4 Å². The van der Waals surface area contributed by atoms with Crippen LogP contribution in [0.1, 0.15) is 42.9 Å². The molecule has 2 heterocycles. The van der Waals surface area contributed by atoms with Crippen LogP contribution in [0.2, 0.25) is 0 Å². The lowest BCUT2D eigenvalue weighted by molar-refractivity contribution is -0.121. The maximum atomic E-state index is 12.7. The van der Waals surface area contributed by atoms with Crippen molar-refractivity contribution in [3.05, 3.63) is 125 Å². The number of benzene rings is 4. The number of fused-ring (bicyclic) bond motifs is 1. The molecule has 6 rings (SSSR count). The largest absolute Gasteiger partial charge is 0.506 e. The number of piperidine rings is 1. The zero-order valence-corrected chi connectivity index (χ0v) is 31.5. The van der Waals surface area contributed by atoms with Gasteiger partial charge in [0, 0.05) is 68.4 Å². The smallest absolute Gasteiger partial charge is 0.411 e. The van der Waals surface area contributed by atoms with Gasteiger partial charge in [-0.25, -0.2) is 9.59 Å². The van der Waals surface area contributed by atoms with Gasteiger partial charge in [0.25, 0.3) is 0 Å². The normalized spacial score (nSPS) is 13.8. The van der Waals surface area contributed by atoms with Crippen LogP contribution >= 0.6 is 0 Å². The Morgan fingerprint density at radius 1 is 0.860 bits per heavy atom. The van der Waals surface area contributed by atoms with Crippen LogP contribution in [0.3, 0.4) is 0 Å². The van der Waals surface area contributed by atoms with Crippen LogP contribution in [-0.4, -0.2) is 83.6 Å². The number of aromatic nitrogens is 1. The number of rotatable bonds is 16. The monoisotopic (exact) mass is 776 g/mol. The van der Waals surface area contributed by atoms with Crippen molar-refractivity contribution in [2.45, 2.75) is 44.4 Å². The summed E-state index contributed by atoms with van der Waals surface area (Å²) in [4.78, 5) is 53.9. The summed E-state index contributed by atoms with van der Waals surface area (Å²) in [5.41, 5.74) is 4.63. The zero-order valence-electron chi connectivity index (χ0n) is 31.5. The summed E-state index contributed by atoms with van der Waals surface area (Å²) in [6.45, 7) is 3.27. The molecule has 0 bridgehead atoms. The molecule has 1 atom stereocenters. The number of hydrogen-bond donors (Lipinski definition) is 7. The third-order valence-electron chi connectivity index (χ3n) is 9.72. The molecule has 1 fully saturated rings. The number of para-hydroxylation sites is 1. The number of hydrogen-bond acceptors (Lipinski definition) is 10. The summed E-state index contributed by atoms with van der Waals surface area (Å²) in [6, 6.07) is 30.7. The summed E-state index contributed by atoms with van der Waals surface area (Å²) in [5.74, 6) is -0.145. The Labute approximate surface area is 330 Å². The van der Waals surface area contributed by atoms with Gasteiger partial charge >= 0.3 is 12.2 Å². The van der Waals surface area contributed by atoms with Crippen LogP contribution in [0.25, 0.3) is 22.0 Å². The van der Waals surface area contributed by atoms with Gasteiger partial charge in [-0.05, 0) is 66.3 Å². The van der Waals surface area contributed by atoms with Crippen LogP contribution in [0, 0.1) is 0 Å². The van der Waals surface area contributed by atoms with E-state index in [9.17, 15) is 29.4 Å². The molecule has 3 amide bonds. The van der Waals surface area contributed by atoms with Gasteiger partial charge in [-0.3, -0.25) is 20.2 Å². The van der Waals surface area contributed by atoms with Crippen molar-refractivity contribution < 1.29 is 34.1 Å². The van der Waals surface area contributed by atoms with E-state index in [2.05, 4.69) is 31.2 Å². The third-order valence-corrected chi connectivity index (χ3v) is 9.72. The van der Waals surface area contributed by atoms with Crippen molar-refractivity contribution in [1.82, 2.24) is 20.5 Å². The van der Waals surface area contributed by atoms with Crippen LogP contribution in [0.4, 0.5) is 21.0 Å². The molecular formula is C43H48N6O8. The van der Waals surface area contributed by atoms with E-state index in [1.54, 1.807) is 24.3 Å². The molecule has 0 unspecified atom stereocenters. The molecule has 0 spiro atoms. The van der Waals surface area contributed by atoms with Gasteiger partial charge in [-0.1, -0.05) is 66.7 Å². The minimum absolute atomic E-state index is 0.0665. The summed E-state index contributed by atoms with van der Waals surface area (Å²) in [5, 5.41) is 33.0. The first-order valence-electron chi connectivity index (χ1n) is 19.1. The molecule has 14 nitrogen and oxygen atoms in total. The predicted octanol–water partition coefficient (Wildman–Crippen LogP) is 5.88. The van der Waals surface area contributed by atoms with E-state index in [0.29, 0.717) is 67.6 Å². The molecule has 57 heavy (non-hydrogen) atoms. The number of likely N-dealkylation sites (tertiary alicyclic amines) is 1. The number of aromatic amines is 1. The van der Waals surface area contributed by atoms with E-state index in [4.69, 9.17) is 9.47 Å². The molecule has 14 heteroatoms. The van der Waals surface area contributed by atoms with Crippen molar-refractivity contribution in [1.29, 1.82) is 0 Å². The lowest BCUT2D eigenvalue weighted by Crippen LogP contribution is -2.40. The number of pyridine rings is 1. The van der Waals surface area contributed by atoms with E-state index < -0.39 is 18.3 Å². The fraction of sp³-hybridized carbons (Fsp3) is 0.302. The molecule has 298 valence electrons. The first-order chi connectivity index (χ1) is 27.7. The minimum atomic E-state index is -0.878. The number of carbonyl (C=O) groups is 3. The molecule has 1 aliphatic heterocycles. The number of phenolic OH excluding ortho intramolecular Hbond substituents is 1. The van der Waals surface area contributed by atoms with E-state index in [1.807, 2.05) is 66.7 Å². The summed E-state index contributed by atoms with van der Waals surface area (Å²) in [7, 11) is 0. The van der Waals surface area contributed by atoms with Crippen molar-refractivity contribution in [2.75, 3.05) is 50.0 Å². The number of carbonyl (C=O) groups excluding carboxylic acids is 3. The van der Waals surface area contributed by atoms with Crippen LogP contribution < -0.4 is 26.8 Å². The average Bonchev–Trinajstić information content (AvgIpc) is 3.22. The Morgan fingerprint density at radius 3 is 2.40 bits per heavy atom. The molecule has 0 saturated carbocycles. The molecule has 0 radical (unpaired) electrons. The van der Waals surface area contributed by atoms with Gasteiger partial charge in [0.05, 0.1) is 23.9 Å².